The Kier molecular flexibility index (Phi) is 4.63. The van der Waals surface area contributed by atoms with Crippen LogP contribution in [-0.4, -0.2) is 11.8 Å². The highest BCUT2D eigenvalue weighted by atomic mass is 35.5. The van der Waals surface area contributed by atoms with Gasteiger partial charge in [0.15, 0.2) is 5.76 Å². The van der Waals surface area contributed by atoms with Gasteiger partial charge in [-0.1, -0.05) is 23.7 Å². The average Bonchev–Trinajstić information content (AvgIpc) is 2.82. The third kappa shape index (κ3) is 3.65. The van der Waals surface area contributed by atoms with Crippen molar-refractivity contribution in [2.75, 3.05) is 0 Å². The Morgan fingerprint density at radius 2 is 1.92 bits per heavy atom. The Morgan fingerprint density at radius 3 is 2.58 bits per heavy atom. The highest BCUT2D eigenvalue weighted by molar-refractivity contribution is 6.30. The number of carbonyl (C=O) groups excluding carboxylic acids is 2. The molecule has 3 rings (SSSR count). The second-order valence-corrected chi connectivity index (χ2v) is 7.68. The lowest BCUT2D eigenvalue weighted by molar-refractivity contribution is -0.143. The number of hydrogen-bond acceptors (Lipinski definition) is 4. The number of halogens is 1. The Morgan fingerprint density at radius 1 is 1.19 bits per heavy atom. The monoisotopic (exact) mass is 370 g/mol. The number of Topliss-reactive ketones (excluding diaryl/α,β-unsaturated/α-hetero) is 1. The summed E-state index contributed by atoms with van der Waals surface area (Å²) < 4.78 is 11.2. The lowest BCUT2D eigenvalue weighted by Gasteiger charge is -2.16. The van der Waals surface area contributed by atoms with Crippen LogP contribution in [0.4, 0.5) is 0 Å². The number of benzene rings is 2. The molecule has 1 aliphatic heterocycles. The summed E-state index contributed by atoms with van der Waals surface area (Å²) in [7, 11) is 0. The van der Waals surface area contributed by atoms with Crippen LogP contribution in [0.3, 0.4) is 0 Å². The van der Waals surface area contributed by atoms with E-state index in [2.05, 4.69) is 0 Å². The van der Waals surface area contributed by atoms with Crippen molar-refractivity contribution < 1.29 is 19.1 Å². The van der Waals surface area contributed by atoms with Crippen LogP contribution in [0, 0.1) is 12.3 Å². The van der Waals surface area contributed by atoms with Gasteiger partial charge < -0.3 is 9.47 Å². The number of allylic oxidation sites excluding steroid dienone is 1. The second kappa shape index (κ2) is 6.61. The second-order valence-electron chi connectivity index (χ2n) is 7.25. The van der Waals surface area contributed by atoms with Crippen molar-refractivity contribution in [2.45, 2.75) is 27.7 Å². The maximum absolute atomic E-state index is 12.7. The molecule has 1 heterocycles. The lowest BCUT2D eigenvalue weighted by atomic mass is 9.97. The molecule has 26 heavy (non-hydrogen) atoms. The summed E-state index contributed by atoms with van der Waals surface area (Å²) in [6.45, 7) is 7.13. The maximum Gasteiger partial charge on any atom is 0.316 e. The van der Waals surface area contributed by atoms with Gasteiger partial charge in [0.2, 0.25) is 5.78 Å². The average molecular weight is 371 g/mol. The molecule has 0 bridgehead atoms. The van der Waals surface area contributed by atoms with Gasteiger partial charge in [-0.3, -0.25) is 9.59 Å². The zero-order chi connectivity index (χ0) is 19.1. The van der Waals surface area contributed by atoms with Gasteiger partial charge in [0, 0.05) is 11.1 Å². The predicted molar refractivity (Wildman–Crippen MR) is 101 cm³/mol. The van der Waals surface area contributed by atoms with Crippen molar-refractivity contribution in [3.05, 3.63) is 63.9 Å². The van der Waals surface area contributed by atoms with Crippen molar-refractivity contribution in [2.24, 2.45) is 5.41 Å². The van der Waals surface area contributed by atoms with E-state index in [4.69, 9.17) is 21.1 Å². The number of carbonyl (C=O) groups is 2. The van der Waals surface area contributed by atoms with Crippen LogP contribution in [0.5, 0.6) is 11.5 Å². The van der Waals surface area contributed by atoms with Crippen LogP contribution in [-0.2, 0) is 4.79 Å². The zero-order valence-corrected chi connectivity index (χ0v) is 15.8. The first-order valence-corrected chi connectivity index (χ1v) is 8.60. The topological polar surface area (TPSA) is 52.6 Å². The Bertz CT molecular complexity index is 936. The minimum absolute atomic E-state index is 0.203. The SMILES string of the molecule is Cc1cc(OC(=O)C(C)(C)C)cc2c1C(=O)/C(=C/c1cccc(Cl)c1)O2. The van der Waals surface area contributed by atoms with Crippen molar-refractivity contribution in [3.63, 3.8) is 0 Å². The molecule has 0 radical (unpaired) electrons. The van der Waals surface area contributed by atoms with Gasteiger partial charge in [-0.05, 0) is 63.1 Å². The molecular formula is C21H19ClO4. The summed E-state index contributed by atoms with van der Waals surface area (Å²) in [5, 5.41) is 0.579. The highest BCUT2D eigenvalue weighted by Crippen LogP contribution is 2.38. The van der Waals surface area contributed by atoms with Gasteiger partial charge in [-0.2, -0.15) is 0 Å². The van der Waals surface area contributed by atoms with E-state index in [1.807, 2.05) is 6.07 Å². The molecule has 0 saturated heterocycles. The number of fused-ring (bicyclic) bond motifs is 1. The smallest absolute Gasteiger partial charge is 0.316 e. The van der Waals surface area contributed by atoms with Crippen LogP contribution < -0.4 is 9.47 Å². The van der Waals surface area contributed by atoms with E-state index in [9.17, 15) is 9.59 Å². The predicted octanol–water partition coefficient (Wildman–Crippen LogP) is 5.22. The van der Waals surface area contributed by atoms with Crippen LogP contribution in [0.2, 0.25) is 5.02 Å². The van der Waals surface area contributed by atoms with Gasteiger partial charge >= 0.3 is 5.97 Å². The van der Waals surface area contributed by atoms with Crippen LogP contribution in [0.15, 0.2) is 42.2 Å². The van der Waals surface area contributed by atoms with E-state index in [1.165, 1.54) is 0 Å². The molecule has 1 aliphatic rings. The summed E-state index contributed by atoms with van der Waals surface area (Å²) in [4.78, 5) is 24.8. The normalized spacial score (nSPS) is 15.0. The maximum atomic E-state index is 12.7. The number of aryl methyl sites for hydroxylation is 1. The van der Waals surface area contributed by atoms with E-state index < -0.39 is 5.41 Å². The first-order chi connectivity index (χ1) is 12.1. The fourth-order valence-corrected chi connectivity index (χ4v) is 2.74. The quantitative estimate of drug-likeness (QED) is 0.413. The molecular weight excluding hydrogens is 352 g/mol. The Labute approximate surface area is 157 Å². The van der Waals surface area contributed by atoms with Gasteiger partial charge in [-0.15, -0.1) is 0 Å². The number of ether oxygens (including phenoxy) is 2. The molecule has 5 heteroatoms. The first-order valence-electron chi connectivity index (χ1n) is 8.22. The standard InChI is InChI=1S/C21H19ClO4/c1-12-8-15(25-20(24)21(2,3)4)11-16-18(12)19(23)17(26-16)10-13-6-5-7-14(22)9-13/h5-11H,1-4H3/b17-10-. The molecule has 0 aromatic heterocycles. The minimum atomic E-state index is -0.624. The molecule has 0 fully saturated rings. The molecule has 0 atom stereocenters. The van der Waals surface area contributed by atoms with Gasteiger partial charge in [0.25, 0.3) is 0 Å². The van der Waals surface area contributed by atoms with Crippen molar-refractivity contribution in [1.82, 2.24) is 0 Å². The van der Waals surface area contributed by atoms with Gasteiger partial charge in [-0.25, -0.2) is 0 Å². The summed E-state index contributed by atoms with van der Waals surface area (Å²) >= 11 is 5.98. The molecule has 0 amide bonds. The fourth-order valence-electron chi connectivity index (χ4n) is 2.54. The van der Waals surface area contributed by atoms with Crippen molar-refractivity contribution in [1.29, 1.82) is 0 Å². The number of hydrogen-bond donors (Lipinski definition) is 0. The molecule has 2 aromatic carbocycles. The van der Waals surface area contributed by atoms with Gasteiger partial charge in [0.05, 0.1) is 11.0 Å². The molecule has 4 nitrogen and oxygen atoms in total. The summed E-state index contributed by atoms with van der Waals surface area (Å²) in [5.74, 6) is 0.407. The van der Waals surface area contributed by atoms with Crippen LogP contribution in [0.25, 0.3) is 6.08 Å². The van der Waals surface area contributed by atoms with Gasteiger partial charge in [0.1, 0.15) is 11.5 Å². The number of esters is 1. The molecule has 0 aliphatic carbocycles. The molecule has 0 spiro atoms. The third-order valence-corrected chi connectivity index (χ3v) is 4.15. The molecule has 2 aromatic rings. The minimum Gasteiger partial charge on any atom is -0.452 e. The number of ketones is 1. The van der Waals surface area contributed by atoms with E-state index in [0.29, 0.717) is 27.6 Å². The molecule has 0 saturated carbocycles. The third-order valence-electron chi connectivity index (χ3n) is 3.91. The Balaban J connectivity index is 1.92. The first kappa shape index (κ1) is 18.2. The lowest BCUT2D eigenvalue weighted by Crippen LogP contribution is -2.25. The van der Waals surface area contributed by atoms with Crippen LogP contribution in [0.1, 0.15) is 42.3 Å². The summed E-state index contributed by atoms with van der Waals surface area (Å²) in [6, 6.07) is 10.4. The largest absolute Gasteiger partial charge is 0.452 e. The van der Waals surface area contributed by atoms with Crippen LogP contribution >= 0.6 is 11.6 Å². The zero-order valence-electron chi connectivity index (χ0n) is 15.1. The van der Waals surface area contributed by atoms with E-state index >= 15 is 0 Å². The molecule has 0 unspecified atom stereocenters. The molecule has 134 valence electrons. The molecule has 0 N–H and O–H groups in total. The van der Waals surface area contributed by atoms with E-state index in [1.54, 1.807) is 64.1 Å². The van der Waals surface area contributed by atoms with E-state index in [0.717, 1.165) is 5.56 Å². The highest BCUT2D eigenvalue weighted by Gasteiger charge is 2.31. The Hall–Kier alpha value is -2.59. The van der Waals surface area contributed by atoms with E-state index in [-0.39, 0.29) is 17.5 Å². The summed E-state index contributed by atoms with van der Waals surface area (Å²) in [5.41, 5.74) is 1.32. The summed E-state index contributed by atoms with van der Waals surface area (Å²) in [6.07, 6.45) is 1.65. The fraction of sp³-hybridized carbons (Fsp3) is 0.238. The van der Waals surface area contributed by atoms with Crippen molar-refractivity contribution >= 4 is 29.4 Å². The van der Waals surface area contributed by atoms with Crippen molar-refractivity contribution in [3.8, 4) is 11.5 Å². The number of rotatable bonds is 2.